The average molecular weight is 311 g/mol. The molecule has 2 aromatic rings. The molecule has 19 heavy (non-hydrogen) atoms. The van der Waals surface area contributed by atoms with E-state index >= 15 is 0 Å². The fraction of sp³-hybridized carbons (Fsp3) is 0.500. The van der Waals surface area contributed by atoms with Gasteiger partial charge < -0.3 is 0 Å². The summed E-state index contributed by atoms with van der Waals surface area (Å²) in [7, 11) is 0. The lowest BCUT2D eigenvalue weighted by atomic mass is 10.1. The molecule has 3 heteroatoms. The fourth-order valence-corrected chi connectivity index (χ4v) is 4.91. The van der Waals surface area contributed by atoms with Crippen LogP contribution in [0.2, 0.25) is 0 Å². The van der Waals surface area contributed by atoms with Gasteiger partial charge in [0.1, 0.15) is 0 Å². The van der Waals surface area contributed by atoms with Crippen LogP contribution in [0.5, 0.6) is 0 Å². The molecule has 2 heterocycles. The van der Waals surface area contributed by atoms with E-state index in [1.165, 1.54) is 58.9 Å². The minimum atomic E-state index is 1.27. The Balaban J connectivity index is 1.64. The summed E-state index contributed by atoms with van der Waals surface area (Å²) in [5.41, 5.74) is 0. The highest BCUT2D eigenvalue weighted by Gasteiger charge is 2.03. The van der Waals surface area contributed by atoms with E-state index in [1.807, 2.05) is 34.4 Å². The van der Waals surface area contributed by atoms with Gasteiger partial charge in [0.25, 0.3) is 0 Å². The summed E-state index contributed by atoms with van der Waals surface area (Å²) in [6, 6.07) is 6.68. The maximum Gasteiger partial charge on any atom is 0.0454 e. The van der Waals surface area contributed by atoms with Gasteiger partial charge in [-0.1, -0.05) is 45.1 Å². The molecule has 0 nitrogen and oxygen atoms in total. The van der Waals surface area contributed by atoms with Gasteiger partial charge in [-0.15, -0.1) is 34.4 Å². The average Bonchev–Trinajstić information content (AvgIpc) is 3.08. The number of unbranched alkanes of at least 4 members (excludes halogenated alkanes) is 5. The maximum absolute atomic E-state index is 2.35. The summed E-state index contributed by atoms with van der Waals surface area (Å²) >= 11 is 5.72. The van der Waals surface area contributed by atoms with Gasteiger partial charge in [0.05, 0.1) is 0 Å². The molecule has 0 N–H and O–H groups in total. The van der Waals surface area contributed by atoms with Crippen LogP contribution in [0.4, 0.5) is 0 Å². The summed E-state index contributed by atoms with van der Waals surface area (Å²) in [5, 5.41) is 4.45. The second-order valence-corrected chi connectivity index (χ2v) is 7.77. The van der Waals surface area contributed by atoms with Crippen LogP contribution in [0.1, 0.15) is 45.4 Å². The van der Waals surface area contributed by atoms with Crippen molar-refractivity contribution in [1.82, 2.24) is 0 Å². The Hall–Kier alpha value is -0.250. The molecule has 0 aliphatic rings. The first-order valence-corrected chi connectivity index (χ1v) is 9.90. The standard InChI is InChI=1S/C16H22S3/c1-2-3-4-5-6-7-10-17-14-12-16(19-13-14)15-9-8-11-18-15/h8-9,11-13H,2-7,10H2,1H3. The fourth-order valence-electron chi connectivity index (χ4n) is 2.01. The van der Waals surface area contributed by atoms with Crippen LogP contribution >= 0.6 is 34.4 Å². The molecule has 0 atom stereocenters. The van der Waals surface area contributed by atoms with Crippen LogP contribution in [-0.4, -0.2) is 5.75 Å². The van der Waals surface area contributed by atoms with Gasteiger partial charge in [0.15, 0.2) is 0 Å². The second-order valence-electron chi connectivity index (χ2n) is 4.74. The second kappa shape index (κ2) is 8.83. The van der Waals surface area contributed by atoms with Crippen molar-refractivity contribution in [2.45, 2.75) is 50.3 Å². The molecule has 0 saturated carbocycles. The van der Waals surface area contributed by atoms with E-state index < -0.39 is 0 Å². The lowest BCUT2D eigenvalue weighted by Crippen LogP contribution is -1.81. The molecule has 104 valence electrons. The zero-order valence-corrected chi connectivity index (χ0v) is 14.0. The van der Waals surface area contributed by atoms with Gasteiger partial charge in [0.2, 0.25) is 0 Å². The first-order chi connectivity index (χ1) is 9.40. The zero-order valence-electron chi connectivity index (χ0n) is 11.6. The highest BCUT2D eigenvalue weighted by Crippen LogP contribution is 2.34. The molecule has 0 aliphatic heterocycles. The Morgan fingerprint density at radius 3 is 2.63 bits per heavy atom. The van der Waals surface area contributed by atoms with Crippen molar-refractivity contribution in [2.75, 3.05) is 5.75 Å². The summed E-state index contributed by atoms with van der Waals surface area (Å²) in [4.78, 5) is 4.26. The van der Waals surface area contributed by atoms with E-state index in [4.69, 9.17) is 0 Å². The summed E-state index contributed by atoms with van der Waals surface area (Å²) in [6.07, 6.45) is 8.34. The minimum absolute atomic E-state index is 1.27. The molecular weight excluding hydrogens is 288 g/mol. The van der Waals surface area contributed by atoms with E-state index in [1.54, 1.807) is 0 Å². The van der Waals surface area contributed by atoms with Crippen molar-refractivity contribution in [2.24, 2.45) is 0 Å². The van der Waals surface area contributed by atoms with Crippen LogP contribution in [0, 0.1) is 0 Å². The SMILES string of the molecule is CCCCCCCCSc1csc(-c2cccs2)c1. The Morgan fingerprint density at radius 2 is 1.84 bits per heavy atom. The van der Waals surface area contributed by atoms with E-state index in [2.05, 4.69) is 35.9 Å². The van der Waals surface area contributed by atoms with Crippen LogP contribution in [-0.2, 0) is 0 Å². The molecular formula is C16H22S3. The third-order valence-electron chi connectivity index (χ3n) is 3.11. The highest BCUT2D eigenvalue weighted by molar-refractivity contribution is 7.99. The minimum Gasteiger partial charge on any atom is -0.143 e. The van der Waals surface area contributed by atoms with Gasteiger partial charge in [-0.05, 0) is 29.7 Å². The molecule has 2 aromatic heterocycles. The number of thiophene rings is 2. The normalized spacial score (nSPS) is 11.0. The van der Waals surface area contributed by atoms with Crippen molar-refractivity contribution in [3.63, 3.8) is 0 Å². The van der Waals surface area contributed by atoms with Crippen LogP contribution in [0.3, 0.4) is 0 Å². The van der Waals surface area contributed by atoms with E-state index in [0.717, 1.165) is 0 Å². The molecule has 0 aliphatic carbocycles. The zero-order chi connectivity index (χ0) is 13.3. The molecule has 0 aromatic carbocycles. The monoisotopic (exact) mass is 310 g/mol. The van der Waals surface area contributed by atoms with Crippen molar-refractivity contribution >= 4 is 34.4 Å². The molecule has 0 saturated heterocycles. The van der Waals surface area contributed by atoms with Gasteiger partial charge in [0, 0.05) is 20.0 Å². The van der Waals surface area contributed by atoms with Crippen LogP contribution < -0.4 is 0 Å². The first-order valence-electron chi connectivity index (χ1n) is 7.15. The van der Waals surface area contributed by atoms with Gasteiger partial charge in [-0.25, -0.2) is 0 Å². The molecule has 0 bridgehead atoms. The van der Waals surface area contributed by atoms with Crippen molar-refractivity contribution in [3.8, 4) is 9.75 Å². The van der Waals surface area contributed by atoms with Crippen molar-refractivity contribution in [1.29, 1.82) is 0 Å². The third kappa shape index (κ3) is 5.33. The lowest BCUT2D eigenvalue weighted by Gasteiger charge is -2.00. The Morgan fingerprint density at radius 1 is 1.00 bits per heavy atom. The summed E-state index contributed by atoms with van der Waals surface area (Å²) in [5.74, 6) is 1.27. The van der Waals surface area contributed by atoms with Gasteiger partial charge >= 0.3 is 0 Å². The smallest absolute Gasteiger partial charge is 0.0454 e. The lowest BCUT2D eigenvalue weighted by molar-refractivity contribution is 0.627. The number of hydrogen-bond acceptors (Lipinski definition) is 3. The predicted molar refractivity (Wildman–Crippen MR) is 91.7 cm³/mol. The van der Waals surface area contributed by atoms with E-state index in [9.17, 15) is 0 Å². The quantitative estimate of drug-likeness (QED) is 0.357. The van der Waals surface area contributed by atoms with Crippen LogP contribution in [0.15, 0.2) is 33.9 Å². The molecule has 0 amide bonds. The Kier molecular flexibility index (Phi) is 7.04. The Bertz CT molecular complexity index is 442. The first kappa shape index (κ1) is 15.1. The number of rotatable bonds is 9. The van der Waals surface area contributed by atoms with E-state index in [-0.39, 0.29) is 0 Å². The molecule has 0 radical (unpaired) electrons. The summed E-state index contributed by atoms with van der Waals surface area (Å²) in [6.45, 7) is 2.28. The Labute approximate surface area is 129 Å². The summed E-state index contributed by atoms with van der Waals surface area (Å²) < 4.78 is 0. The van der Waals surface area contributed by atoms with Crippen molar-refractivity contribution < 1.29 is 0 Å². The molecule has 2 rings (SSSR count). The van der Waals surface area contributed by atoms with E-state index in [0.29, 0.717) is 0 Å². The van der Waals surface area contributed by atoms with Crippen molar-refractivity contribution in [3.05, 3.63) is 29.0 Å². The largest absolute Gasteiger partial charge is 0.143 e. The molecule has 0 fully saturated rings. The van der Waals surface area contributed by atoms with Gasteiger partial charge in [-0.2, -0.15) is 0 Å². The topological polar surface area (TPSA) is 0 Å². The molecule has 0 unspecified atom stereocenters. The predicted octanol–water partition coefficient (Wildman–Crippen LogP) is 6.93. The highest BCUT2D eigenvalue weighted by atomic mass is 32.2. The number of hydrogen-bond donors (Lipinski definition) is 0. The van der Waals surface area contributed by atoms with Crippen LogP contribution in [0.25, 0.3) is 9.75 Å². The van der Waals surface area contributed by atoms with Gasteiger partial charge in [-0.3, -0.25) is 0 Å². The third-order valence-corrected chi connectivity index (χ3v) is 6.31. The maximum atomic E-state index is 2.35. The molecule has 0 spiro atoms. The number of thioether (sulfide) groups is 1.